The van der Waals surface area contributed by atoms with Crippen LogP contribution in [0, 0.1) is 5.82 Å². The van der Waals surface area contributed by atoms with Gasteiger partial charge in [-0.05, 0) is 60.2 Å². The van der Waals surface area contributed by atoms with Gasteiger partial charge in [-0.25, -0.2) is 14.4 Å². The molecule has 0 fully saturated rings. The molecule has 0 aliphatic rings. The number of hydrazone groups is 1. The molecular weight excluding hydrogens is 459 g/mol. The van der Waals surface area contributed by atoms with Crippen LogP contribution in [0.5, 0.6) is 5.75 Å². The van der Waals surface area contributed by atoms with Gasteiger partial charge in [0.25, 0.3) is 0 Å². The molecule has 0 saturated carbocycles. The molecule has 0 spiro atoms. The average molecular weight is 483 g/mol. The Morgan fingerprint density at radius 2 is 1.89 bits per heavy atom. The number of halogens is 1. The van der Waals surface area contributed by atoms with Crippen molar-refractivity contribution in [2.75, 3.05) is 23.6 Å². The molecule has 0 aliphatic heterocycles. The zero-order valence-corrected chi connectivity index (χ0v) is 19.4. The third-order valence-corrected chi connectivity index (χ3v) is 5.52. The molecule has 2 aromatic heterocycles. The van der Waals surface area contributed by atoms with Crippen molar-refractivity contribution in [2.24, 2.45) is 5.10 Å². The third-order valence-electron chi connectivity index (χ3n) is 5.52. The standard InChI is InChI=1S/C26H23FN8O/c1-36-22-8-5-20(6-9-22)34-31-14-23-25(28)29-16-30-26(23)33-21-7-10-24-18(12-21)13-32-35(24)15-17-3-2-4-19(27)11-17/h2-14,16,34H,15H2,1H3,(H3,28,29,30,33)/b31-14+. The fourth-order valence-corrected chi connectivity index (χ4v) is 3.71. The number of methoxy groups -OCH3 is 1. The van der Waals surface area contributed by atoms with Crippen molar-refractivity contribution >= 4 is 40.1 Å². The number of hydrogen-bond acceptors (Lipinski definition) is 8. The van der Waals surface area contributed by atoms with E-state index in [2.05, 4.69) is 30.9 Å². The molecule has 0 bridgehead atoms. The first kappa shape index (κ1) is 22.8. The first-order valence-electron chi connectivity index (χ1n) is 11.1. The van der Waals surface area contributed by atoms with E-state index in [0.717, 1.165) is 33.6 Å². The molecule has 0 aliphatic carbocycles. The lowest BCUT2D eigenvalue weighted by Crippen LogP contribution is -2.05. The molecule has 2 heterocycles. The average Bonchev–Trinajstić information content (AvgIpc) is 3.28. The maximum Gasteiger partial charge on any atom is 0.144 e. The molecule has 0 radical (unpaired) electrons. The van der Waals surface area contributed by atoms with Crippen LogP contribution in [0.1, 0.15) is 11.1 Å². The topological polar surface area (TPSA) is 115 Å². The molecule has 3 aromatic carbocycles. The van der Waals surface area contributed by atoms with E-state index in [1.54, 1.807) is 25.6 Å². The van der Waals surface area contributed by atoms with Crippen molar-refractivity contribution in [1.29, 1.82) is 0 Å². The van der Waals surface area contributed by atoms with E-state index in [1.165, 1.54) is 18.5 Å². The van der Waals surface area contributed by atoms with E-state index < -0.39 is 0 Å². The number of benzene rings is 3. The predicted molar refractivity (Wildman–Crippen MR) is 139 cm³/mol. The van der Waals surface area contributed by atoms with Crippen LogP contribution < -0.4 is 21.2 Å². The SMILES string of the molecule is COc1ccc(N/N=C/c2c(N)ncnc2Nc2ccc3c(cnn3Cc3cccc(F)c3)c2)cc1. The summed E-state index contributed by atoms with van der Waals surface area (Å²) in [5, 5.41) is 12.9. The second kappa shape index (κ2) is 10.1. The summed E-state index contributed by atoms with van der Waals surface area (Å²) in [6.45, 7) is 0.471. The largest absolute Gasteiger partial charge is 0.497 e. The van der Waals surface area contributed by atoms with Gasteiger partial charge >= 0.3 is 0 Å². The fraction of sp³-hybridized carbons (Fsp3) is 0.0769. The van der Waals surface area contributed by atoms with Crippen molar-refractivity contribution in [3.8, 4) is 5.75 Å². The van der Waals surface area contributed by atoms with Gasteiger partial charge in [0, 0.05) is 11.1 Å². The minimum Gasteiger partial charge on any atom is -0.497 e. The predicted octanol–water partition coefficient (Wildman–Crippen LogP) is 4.79. The minimum absolute atomic E-state index is 0.266. The van der Waals surface area contributed by atoms with Crippen LogP contribution in [0.2, 0.25) is 0 Å². The van der Waals surface area contributed by atoms with Crippen LogP contribution >= 0.6 is 0 Å². The summed E-state index contributed by atoms with van der Waals surface area (Å²) in [5.41, 5.74) is 13.0. The molecular formula is C26H23FN8O. The van der Waals surface area contributed by atoms with Gasteiger partial charge in [0.15, 0.2) is 0 Å². The van der Waals surface area contributed by atoms with Gasteiger partial charge in [0.1, 0.15) is 29.5 Å². The van der Waals surface area contributed by atoms with Crippen LogP contribution in [0.15, 0.2) is 84.4 Å². The van der Waals surface area contributed by atoms with Crippen molar-refractivity contribution in [2.45, 2.75) is 6.54 Å². The molecule has 0 saturated heterocycles. The minimum atomic E-state index is -0.266. The summed E-state index contributed by atoms with van der Waals surface area (Å²) in [5.74, 6) is 1.29. The van der Waals surface area contributed by atoms with E-state index in [0.29, 0.717) is 17.9 Å². The van der Waals surface area contributed by atoms with Crippen LogP contribution in [0.4, 0.5) is 27.4 Å². The Labute approximate surface area is 206 Å². The lowest BCUT2D eigenvalue weighted by atomic mass is 10.2. The van der Waals surface area contributed by atoms with Gasteiger partial charge < -0.3 is 15.8 Å². The molecule has 0 atom stereocenters. The van der Waals surface area contributed by atoms with Gasteiger partial charge in [-0.3, -0.25) is 10.1 Å². The molecule has 4 N–H and O–H groups in total. The zero-order chi connectivity index (χ0) is 24.9. The van der Waals surface area contributed by atoms with E-state index >= 15 is 0 Å². The van der Waals surface area contributed by atoms with Gasteiger partial charge in [-0.2, -0.15) is 10.2 Å². The molecule has 5 rings (SSSR count). The number of rotatable bonds is 8. The lowest BCUT2D eigenvalue weighted by Gasteiger charge is -2.10. The van der Waals surface area contributed by atoms with E-state index in [4.69, 9.17) is 10.5 Å². The second-order valence-corrected chi connectivity index (χ2v) is 7.95. The summed E-state index contributed by atoms with van der Waals surface area (Å²) in [6.07, 6.45) is 4.73. The van der Waals surface area contributed by atoms with Gasteiger partial charge in [-0.15, -0.1) is 0 Å². The van der Waals surface area contributed by atoms with Crippen molar-refractivity contribution in [3.63, 3.8) is 0 Å². The van der Waals surface area contributed by atoms with Crippen molar-refractivity contribution in [1.82, 2.24) is 19.7 Å². The Hall–Kier alpha value is -4.99. The van der Waals surface area contributed by atoms with Gasteiger partial charge in [0.2, 0.25) is 0 Å². The number of hydrogen-bond donors (Lipinski definition) is 3. The normalized spacial score (nSPS) is 11.2. The second-order valence-electron chi connectivity index (χ2n) is 7.95. The van der Waals surface area contributed by atoms with Crippen molar-refractivity contribution in [3.05, 3.63) is 96.2 Å². The number of ether oxygens (including phenoxy) is 1. The van der Waals surface area contributed by atoms with E-state index in [-0.39, 0.29) is 11.6 Å². The fourth-order valence-electron chi connectivity index (χ4n) is 3.71. The lowest BCUT2D eigenvalue weighted by molar-refractivity contribution is 0.415. The molecule has 10 heteroatoms. The quantitative estimate of drug-likeness (QED) is 0.215. The molecule has 5 aromatic rings. The van der Waals surface area contributed by atoms with E-state index in [9.17, 15) is 4.39 Å². The maximum absolute atomic E-state index is 13.5. The van der Waals surface area contributed by atoms with Crippen LogP contribution in [0.25, 0.3) is 10.9 Å². The molecule has 9 nitrogen and oxygen atoms in total. The molecule has 180 valence electrons. The molecule has 0 amide bonds. The summed E-state index contributed by atoms with van der Waals surface area (Å²) in [7, 11) is 1.62. The highest BCUT2D eigenvalue weighted by molar-refractivity contribution is 5.93. The van der Waals surface area contributed by atoms with Gasteiger partial charge in [0.05, 0.1) is 42.8 Å². The molecule has 0 unspecified atom stereocenters. The summed E-state index contributed by atoms with van der Waals surface area (Å²) in [4.78, 5) is 8.42. The Morgan fingerprint density at radius 3 is 2.69 bits per heavy atom. The first-order valence-corrected chi connectivity index (χ1v) is 11.1. The summed E-state index contributed by atoms with van der Waals surface area (Å²) >= 11 is 0. The Morgan fingerprint density at radius 1 is 1.06 bits per heavy atom. The Bertz CT molecular complexity index is 1530. The number of nitrogens with zero attached hydrogens (tertiary/aromatic N) is 5. The summed E-state index contributed by atoms with van der Waals surface area (Å²) in [6, 6.07) is 19.7. The van der Waals surface area contributed by atoms with E-state index in [1.807, 2.05) is 53.2 Å². The van der Waals surface area contributed by atoms with Crippen LogP contribution in [0.3, 0.4) is 0 Å². The maximum atomic E-state index is 13.5. The van der Waals surface area contributed by atoms with Crippen molar-refractivity contribution < 1.29 is 9.13 Å². The number of nitrogens with one attached hydrogen (secondary N) is 2. The highest BCUT2D eigenvalue weighted by Crippen LogP contribution is 2.25. The number of aromatic nitrogens is 4. The summed E-state index contributed by atoms with van der Waals surface area (Å²) < 4.78 is 20.5. The van der Waals surface area contributed by atoms with Crippen LogP contribution in [-0.4, -0.2) is 33.1 Å². The first-order chi connectivity index (χ1) is 17.6. The van der Waals surface area contributed by atoms with Crippen LogP contribution in [-0.2, 0) is 6.54 Å². The third kappa shape index (κ3) is 5.07. The highest BCUT2D eigenvalue weighted by atomic mass is 19.1. The highest BCUT2D eigenvalue weighted by Gasteiger charge is 2.10. The zero-order valence-electron chi connectivity index (χ0n) is 19.4. The Kier molecular flexibility index (Phi) is 6.39. The Balaban J connectivity index is 1.34. The monoisotopic (exact) mass is 482 g/mol. The number of nitrogens with two attached hydrogens (primary N) is 1. The molecule has 36 heavy (non-hydrogen) atoms. The smallest absolute Gasteiger partial charge is 0.144 e. The number of fused-ring (bicyclic) bond motifs is 1. The number of nitrogen functional groups attached to an aromatic ring is 1. The number of anilines is 4. The van der Waals surface area contributed by atoms with Gasteiger partial charge in [-0.1, -0.05) is 12.1 Å².